The molecule has 0 aliphatic rings. The number of urea groups is 1. The highest BCUT2D eigenvalue weighted by Gasteiger charge is 2.20. The van der Waals surface area contributed by atoms with Gasteiger partial charge in [-0.15, -0.1) is 0 Å². The first-order valence-electron chi connectivity index (χ1n) is 8.55. The number of anilines is 2. The third-order valence-corrected chi connectivity index (χ3v) is 3.80. The van der Waals surface area contributed by atoms with E-state index >= 15 is 0 Å². The Kier molecular flexibility index (Phi) is 5.12. The molecular weight excluding hydrogens is 344 g/mol. The van der Waals surface area contributed by atoms with Crippen LogP contribution in [0.2, 0.25) is 0 Å². The summed E-state index contributed by atoms with van der Waals surface area (Å²) in [5, 5.41) is 9.28. The second kappa shape index (κ2) is 7.49. The summed E-state index contributed by atoms with van der Waals surface area (Å²) < 4.78 is 11.1. The van der Waals surface area contributed by atoms with Crippen molar-refractivity contribution in [2.45, 2.75) is 33.1 Å². The van der Waals surface area contributed by atoms with E-state index in [0.29, 0.717) is 28.8 Å². The van der Waals surface area contributed by atoms with Gasteiger partial charge in [-0.2, -0.15) is 0 Å². The Morgan fingerprint density at radius 3 is 2.67 bits per heavy atom. The van der Waals surface area contributed by atoms with Gasteiger partial charge in [-0.05, 0) is 30.7 Å². The number of carbonyl (C=O) groups is 1. The Balaban J connectivity index is 1.64. The Hall–Kier alpha value is -3.35. The fraction of sp³-hybridized carbons (Fsp3) is 0.250. The van der Waals surface area contributed by atoms with Crippen molar-refractivity contribution in [2.75, 3.05) is 10.6 Å². The summed E-state index contributed by atoms with van der Waals surface area (Å²) in [7, 11) is 0. The summed E-state index contributed by atoms with van der Waals surface area (Å²) in [6, 6.07) is 10.3. The quantitative estimate of drug-likeness (QED) is 0.669. The van der Waals surface area contributed by atoms with Gasteiger partial charge >= 0.3 is 6.03 Å². The van der Waals surface area contributed by atoms with Gasteiger partial charge in [0.05, 0.1) is 6.20 Å². The number of rotatable bonds is 4. The number of nitrogens with one attached hydrogen (secondary N) is 2. The van der Waals surface area contributed by atoms with Crippen LogP contribution in [-0.4, -0.2) is 16.2 Å². The van der Waals surface area contributed by atoms with Gasteiger partial charge in [-0.1, -0.05) is 32.0 Å². The highest BCUT2D eigenvalue weighted by Crippen LogP contribution is 2.27. The number of aromatic nitrogens is 2. The highest BCUT2D eigenvalue weighted by molar-refractivity contribution is 5.99. The lowest BCUT2D eigenvalue weighted by Gasteiger charge is -2.12. The van der Waals surface area contributed by atoms with E-state index in [-0.39, 0.29) is 5.41 Å². The molecule has 0 aliphatic heterocycles. The second-order valence-corrected chi connectivity index (χ2v) is 7.18. The van der Waals surface area contributed by atoms with Crippen LogP contribution >= 0.6 is 0 Å². The van der Waals surface area contributed by atoms with Gasteiger partial charge in [0.1, 0.15) is 17.3 Å². The number of carbonyl (C=O) groups excluding carboxylic acids is 1. The molecule has 0 bridgehead atoms. The van der Waals surface area contributed by atoms with Crippen molar-refractivity contribution >= 4 is 17.5 Å². The summed E-state index contributed by atoms with van der Waals surface area (Å²) in [6.45, 7) is 7.96. The molecule has 3 aromatic rings. The van der Waals surface area contributed by atoms with E-state index in [9.17, 15) is 4.79 Å². The maximum atomic E-state index is 12.2. The molecule has 2 N–H and O–H groups in total. The Morgan fingerprint density at radius 2 is 1.96 bits per heavy atom. The maximum Gasteiger partial charge on any atom is 0.324 e. The van der Waals surface area contributed by atoms with Crippen LogP contribution in [0.5, 0.6) is 11.5 Å². The molecule has 0 atom stereocenters. The van der Waals surface area contributed by atoms with Crippen molar-refractivity contribution in [3.8, 4) is 11.5 Å². The number of amides is 2. The number of hydrogen-bond acceptors (Lipinski definition) is 5. The molecule has 0 radical (unpaired) electrons. The summed E-state index contributed by atoms with van der Waals surface area (Å²) in [5.41, 5.74) is 1.38. The molecule has 7 heteroatoms. The van der Waals surface area contributed by atoms with Crippen LogP contribution in [-0.2, 0) is 5.41 Å². The maximum absolute atomic E-state index is 12.2. The molecule has 1 aromatic carbocycles. The molecule has 0 unspecified atom stereocenters. The number of ether oxygens (including phenoxy) is 1. The van der Waals surface area contributed by atoms with Crippen LogP contribution in [0.4, 0.5) is 16.3 Å². The molecule has 140 valence electrons. The molecule has 27 heavy (non-hydrogen) atoms. The molecule has 0 spiro atoms. The number of aryl methyl sites for hydroxylation is 1. The minimum absolute atomic E-state index is 0.181. The molecular formula is C20H22N4O3. The van der Waals surface area contributed by atoms with Crippen LogP contribution in [0.1, 0.15) is 32.1 Å². The number of nitrogens with zero attached hydrogens (tertiary/aromatic N) is 2. The summed E-state index contributed by atoms with van der Waals surface area (Å²) in [5.74, 6) is 2.31. The minimum atomic E-state index is -0.418. The third-order valence-electron chi connectivity index (χ3n) is 3.80. The average molecular weight is 366 g/mol. The summed E-state index contributed by atoms with van der Waals surface area (Å²) >= 11 is 0. The van der Waals surface area contributed by atoms with Gasteiger partial charge in [0, 0.05) is 29.4 Å². The Morgan fingerprint density at radius 1 is 1.15 bits per heavy atom. The Labute approximate surface area is 157 Å². The fourth-order valence-corrected chi connectivity index (χ4v) is 2.29. The zero-order valence-corrected chi connectivity index (χ0v) is 15.7. The molecule has 3 rings (SSSR count). The number of pyridine rings is 1. The van der Waals surface area contributed by atoms with Gasteiger partial charge < -0.3 is 14.6 Å². The summed E-state index contributed by atoms with van der Waals surface area (Å²) in [4.78, 5) is 16.3. The minimum Gasteiger partial charge on any atom is -0.455 e. The predicted molar refractivity (Wildman–Crippen MR) is 103 cm³/mol. The van der Waals surface area contributed by atoms with Crippen molar-refractivity contribution in [2.24, 2.45) is 0 Å². The lowest BCUT2D eigenvalue weighted by Crippen LogP contribution is -2.19. The van der Waals surface area contributed by atoms with Crippen molar-refractivity contribution < 1.29 is 14.1 Å². The van der Waals surface area contributed by atoms with Crippen molar-refractivity contribution in [3.05, 3.63) is 60.1 Å². The standard InChI is InChI=1S/C20H22N4O3/c1-13-8-9-21-12-16(13)26-15-7-5-6-14(10-15)22-19(25)23-18-11-17(27-24-18)20(2,3)4/h5-12H,1-4H3,(H2,22,23,24,25). The molecule has 0 aliphatic carbocycles. The van der Waals surface area contributed by atoms with Gasteiger partial charge in [0.2, 0.25) is 0 Å². The van der Waals surface area contributed by atoms with Crippen LogP contribution < -0.4 is 15.4 Å². The van der Waals surface area contributed by atoms with E-state index in [0.717, 1.165) is 5.56 Å². The normalized spacial score (nSPS) is 11.1. The largest absolute Gasteiger partial charge is 0.455 e. The fourth-order valence-electron chi connectivity index (χ4n) is 2.29. The molecule has 0 fully saturated rings. The monoisotopic (exact) mass is 366 g/mol. The smallest absolute Gasteiger partial charge is 0.324 e. The second-order valence-electron chi connectivity index (χ2n) is 7.18. The van der Waals surface area contributed by atoms with Crippen LogP contribution in [0.15, 0.2) is 53.3 Å². The summed E-state index contributed by atoms with van der Waals surface area (Å²) in [6.07, 6.45) is 3.36. The first-order chi connectivity index (χ1) is 12.8. The molecule has 2 heterocycles. The number of hydrogen-bond donors (Lipinski definition) is 2. The molecule has 2 aromatic heterocycles. The van der Waals surface area contributed by atoms with E-state index < -0.39 is 6.03 Å². The molecule has 2 amide bonds. The van der Waals surface area contributed by atoms with Gasteiger partial charge in [0.25, 0.3) is 0 Å². The van der Waals surface area contributed by atoms with Crippen molar-refractivity contribution in [1.29, 1.82) is 0 Å². The van der Waals surface area contributed by atoms with E-state index in [2.05, 4.69) is 20.8 Å². The first kappa shape index (κ1) is 18.4. The SMILES string of the molecule is Cc1ccncc1Oc1cccc(NC(=O)Nc2cc(C(C)(C)C)on2)c1. The zero-order chi connectivity index (χ0) is 19.4. The Bertz CT molecular complexity index is 944. The van der Waals surface area contributed by atoms with Gasteiger partial charge in [-0.3, -0.25) is 10.3 Å². The average Bonchev–Trinajstić information content (AvgIpc) is 3.06. The first-order valence-corrected chi connectivity index (χ1v) is 8.55. The van der Waals surface area contributed by atoms with Gasteiger partial charge in [-0.25, -0.2) is 4.79 Å². The topological polar surface area (TPSA) is 89.3 Å². The molecule has 7 nitrogen and oxygen atoms in total. The predicted octanol–water partition coefficient (Wildman–Crippen LogP) is 5.11. The van der Waals surface area contributed by atoms with Crippen molar-refractivity contribution in [3.63, 3.8) is 0 Å². The van der Waals surface area contributed by atoms with E-state index in [1.165, 1.54) is 0 Å². The van der Waals surface area contributed by atoms with E-state index in [1.54, 1.807) is 36.7 Å². The highest BCUT2D eigenvalue weighted by atomic mass is 16.5. The van der Waals surface area contributed by atoms with Gasteiger partial charge in [0.15, 0.2) is 5.82 Å². The van der Waals surface area contributed by atoms with E-state index in [1.807, 2.05) is 39.8 Å². The van der Waals surface area contributed by atoms with E-state index in [4.69, 9.17) is 9.26 Å². The third kappa shape index (κ3) is 4.84. The lowest BCUT2D eigenvalue weighted by molar-refractivity contribution is 0.262. The molecule has 0 saturated carbocycles. The van der Waals surface area contributed by atoms with Crippen molar-refractivity contribution in [1.82, 2.24) is 10.1 Å². The van der Waals surface area contributed by atoms with Crippen LogP contribution in [0.3, 0.4) is 0 Å². The zero-order valence-electron chi connectivity index (χ0n) is 15.7. The van der Waals surface area contributed by atoms with Crippen LogP contribution in [0, 0.1) is 6.92 Å². The number of benzene rings is 1. The molecule has 0 saturated heterocycles. The lowest BCUT2D eigenvalue weighted by atomic mass is 9.93. The van der Waals surface area contributed by atoms with Crippen LogP contribution in [0.25, 0.3) is 0 Å².